The molecule has 19 heavy (non-hydrogen) atoms. The van der Waals surface area contributed by atoms with Crippen LogP contribution in [-0.4, -0.2) is 0 Å². The van der Waals surface area contributed by atoms with Crippen molar-refractivity contribution in [2.24, 2.45) is 5.73 Å². The first-order valence-corrected chi connectivity index (χ1v) is 6.71. The SMILES string of the molecule is Cc1cc(F)ccc1C(N)Cc1cc(F)cc(Br)c1. The monoisotopic (exact) mass is 325 g/mol. The van der Waals surface area contributed by atoms with Crippen LogP contribution in [0.4, 0.5) is 8.78 Å². The van der Waals surface area contributed by atoms with Gasteiger partial charge >= 0.3 is 0 Å². The van der Waals surface area contributed by atoms with E-state index in [0.29, 0.717) is 10.9 Å². The molecule has 4 heteroatoms. The molecule has 0 amide bonds. The molecule has 1 atom stereocenters. The summed E-state index contributed by atoms with van der Waals surface area (Å²) in [5.74, 6) is -0.575. The van der Waals surface area contributed by atoms with E-state index >= 15 is 0 Å². The summed E-state index contributed by atoms with van der Waals surface area (Å²) in [5, 5.41) is 0. The van der Waals surface area contributed by atoms with Crippen LogP contribution in [0.1, 0.15) is 22.7 Å². The first-order valence-electron chi connectivity index (χ1n) is 5.92. The van der Waals surface area contributed by atoms with E-state index in [2.05, 4.69) is 15.9 Å². The first-order chi connectivity index (χ1) is 8.95. The van der Waals surface area contributed by atoms with E-state index in [1.165, 1.54) is 24.3 Å². The Bertz CT molecular complexity index is 578. The number of hydrogen-bond acceptors (Lipinski definition) is 1. The molecule has 2 aromatic carbocycles. The molecule has 0 aliphatic heterocycles. The minimum atomic E-state index is -0.299. The molecule has 0 saturated carbocycles. The molecule has 2 rings (SSSR count). The Morgan fingerprint density at radius 2 is 1.84 bits per heavy atom. The molecular formula is C15H14BrF2N. The lowest BCUT2D eigenvalue weighted by atomic mass is 9.96. The topological polar surface area (TPSA) is 26.0 Å². The molecule has 0 aliphatic rings. The van der Waals surface area contributed by atoms with Gasteiger partial charge in [0, 0.05) is 10.5 Å². The predicted octanol–water partition coefficient (Wildman–Crippen LogP) is 4.28. The number of hydrogen-bond donors (Lipinski definition) is 1. The van der Waals surface area contributed by atoms with Gasteiger partial charge in [0.25, 0.3) is 0 Å². The number of rotatable bonds is 3. The molecule has 0 radical (unpaired) electrons. The van der Waals surface area contributed by atoms with Gasteiger partial charge in [-0.3, -0.25) is 0 Å². The summed E-state index contributed by atoms with van der Waals surface area (Å²) in [6.07, 6.45) is 0.503. The first kappa shape index (κ1) is 14.2. The lowest BCUT2D eigenvalue weighted by Crippen LogP contribution is -2.15. The van der Waals surface area contributed by atoms with Crippen LogP contribution < -0.4 is 5.73 Å². The zero-order valence-corrected chi connectivity index (χ0v) is 12.0. The average Bonchev–Trinajstić information content (AvgIpc) is 2.26. The van der Waals surface area contributed by atoms with Crippen LogP contribution >= 0.6 is 15.9 Å². The van der Waals surface area contributed by atoms with Gasteiger partial charge in [0.15, 0.2) is 0 Å². The summed E-state index contributed by atoms with van der Waals surface area (Å²) in [5.41, 5.74) is 8.61. The normalized spacial score (nSPS) is 12.5. The third-order valence-electron chi connectivity index (χ3n) is 3.01. The second kappa shape index (κ2) is 5.80. The van der Waals surface area contributed by atoms with Gasteiger partial charge in [0.2, 0.25) is 0 Å². The van der Waals surface area contributed by atoms with E-state index in [1.54, 1.807) is 6.07 Å². The van der Waals surface area contributed by atoms with Crippen molar-refractivity contribution in [1.82, 2.24) is 0 Å². The quantitative estimate of drug-likeness (QED) is 0.895. The van der Waals surface area contributed by atoms with Gasteiger partial charge in [0.1, 0.15) is 11.6 Å². The summed E-state index contributed by atoms with van der Waals surface area (Å²) in [6, 6.07) is 8.95. The Balaban J connectivity index is 2.22. The molecule has 0 spiro atoms. The molecule has 100 valence electrons. The number of benzene rings is 2. The Kier molecular flexibility index (Phi) is 4.32. The van der Waals surface area contributed by atoms with Gasteiger partial charge in [-0.2, -0.15) is 0 Å². The van der Waals surface area contributed by atoms with E-state index in [9.17, 15) is 8.78 Å². The van der Waals surface area contributed by atoms with E-state index in [-0.39, 0.29) is 17.7 Å². The van der Waals surface area contributed by atoms with Crippen LogP contribution in [0.15, 0.2) is 40.9 Å². The van der Waals surface area contributed by atoms with Crippen molar-refractivity contribution in [3.05, 3.63) is 69.2 Å². The van der Waals surface area contributed by atoms with E-state index in [4.69, 9.17) is 5.73 Å². The van der Waals surface area contributed by atoms with Crippen LogP contribution in [0.5, 0.6) is 0 Å². The molecule has 0 aliphatic carbocycles. The molecule has 0 saturated heterocycles. The van der Waals surface area contributed by atoms with Gasteiger partial charge in [-0.25, -0.2) is 8.78 Å². The maximum absolute atomic E-state index is 13.3. The van der Waals surface area contributed by atoms with Crippen LogP contribution in [0, 0.1) is 18.6 Å². The van der Waals surface area contributed by atoms with Crippen molar-refractivity contribution >= 4 is 15.9 Å². The molecular weight excluding hydrogens is 312 g/mol. The van der Waals surface area contributed by atoms with Crippen molar-refractivity contribution in [1.29, 1.82) is 0 Å². The molecule has 1 unspecified atom stereocenters. The van der Waals surface area contributed by atoms with E-state index < -0.39 is 0 Å². The van der Waals surface area contributed by atoms with Crippen molar-refractivity contribution in [3.8, 4) is 0 Å². The maximum atomic E-state index is 13.3. The molecule has 2 N–H and O–H groups in total. The molecule has 0 heterocycles. The molecule has 0 bridgehead atoms. The highest BCUT2D eigenvalue weighted by atomic mass is 79.9. The Labute approximate surface area is 119 Å². The van der Waals surface area contributed by atoms with Crippen LogP contribution in [0.3, 0.4) is 0 Å². The van der Waals surface area contributed by atoms with Gasteiger partial charge in [-0.05, 0) is 60.4 Å². The van der Waals surface area contributed by atoms with Gasteiger partial charge < -0.3 is 5.73 Å². The number of nitrogens with two attached hydrogens (primary N) is 1. The smallest absolute Gasteiger partial charge is 0.124 e. The van der Waals surface area contributed by atoms with Crippen molar-refractivity contribution in [2.45, 2.75) is 19.4 Å². The van der Waals surface area contributed by atoms with Crippen molar-refractivity contribution in [2.75, 3.05) is 0 Å². The molecule has 0 fully saturated rings. The predicted molar refractivity (Wildman–Crippen MR) is 75.9 cm³/mol. The van der Waals surface area contributed by atoms with Crippen LogP contribution in [-0.2, 0) is 6.42 Å². The Morgan fingerprint density at radius 1 is 1.11 bits per heavy atom. The van der Waals surface area contributed by atoms with Crippen LogP contribution in [0.2, 0.25) is 0 Å². The maximum Gasteiger partial charge on any atom is 0.124 e. The minimum absolute atomic E-state index is 0.276. The molecule has 1 nitrogen and oxygen atoms in total. The highest BCUT2D eigenvalue weighted by Gasteiger charge is 2.11. The fraction of sp³-hybridized carbons (Fsp3) is 0.200. The molecule has 2 aromatic rings. The fourth-order valence-electron chi connectivity index (χ4n) is 2.15. The second-order valence-corrected chi connectivity index (χ2v) is 5.50. The number of halogens is 3. The van der Waals surface area contributed by atoms with Gasteiger partial charge in [-0.1, -0.05) is 22.0 Å². The highest BCUT2D eigenvalue weighted by molar-refractivity contribution is 9.10. The zero-order chi connectivity index (χ0) is 14.0. The summed E-state index contributed by atoms with van der Waals surface area (Å²) in [4.78, 5) is 0. The largest absolute Gasteiger partial charge is 0.324 e. The lowest BCUT2D eigenvalue weighted by Gasteiger charge is -2.15. The zero-order valence-electron chi connectivity index (χ0n) is 10.5. The summed E-state index contributed by atoms with van der Waals surface area (Å²) >= 11 is 3.25. The number of aryl methyl sites for hydroxylation is 1. The molecule has 0 aromatic heterocycles. The standard InChI is InChI=1S/C15H14BrF2N/c1-9-4-12(17)2-3-14(9)15(19)7-10-5-11(16)8-13(18)6-10/h2-6,8,15H,7,19H2,1H3. The van der Waals surface area contributed by atoms with Crippen molar-refractivity contribution < 1.29 is 8.78 Å². The van der Waals surface area contributed by atoms with E-state index in [1.807, 2.05) is 13.0 Å². The van der Waals surface area contributed by atoms with E-state index in [0.717, 1.165) is 16.7 Å². The second-order valence-electron chi connectivity index (χ2n) is 4.59. The van der Waals surface area contributed by atoms with Gasteiger partial charge in [-0.15, -0.1) is 0 Å². The summed E-state index contributed by atoms with van der Waals surface area (Å²) in [6.45, 7) is 1.82. The lowest BCUT2D eigenvalue weighted by molar-refractivity contribution is 0.617. The summed E-state index contributed by atoms with van der Waals surface area (Å²) < 4.78 is 27.0. The summed E-state index contributed by atoms with van der Waals surface area (Å²) in [7, 11) is 0. The Hall–Kier alpha value is -1.26. The highest BCUT2D eigenvalue weighted by Crippen LogP contribution is 2.23. The van der Waals surface area contributed by atoms with Gasteiger partial charge in [0.05, 0.1) is 0 Å². The average molecular weight is 326 g/mol. The third-order valence-corrected chi connectivity index (χ3v) is 3.47. The fourth-order valence-corrected chi connectivity index (χ4v) is 2.66. The van der Waals surface area contributed by atoms with Crippen molar-refractivity contribution in [3.63, 3.8) is 0 Å². The minimum Gasteiger partial charge on any atom is -0.324 e. The third kappa shape index (κ3) is 3.61. The Morgan fingerprint density at radius 3 is 2.47 bits per heavy atom. The van der Waals surface area contributed by atoms with Crippen LogP contribution in [0.25, 0.3) is 0 Å².